The highest BCUT2D eigenvalue weighted by molar-refractivity contribution is 6.30. The van der Waals surface area contributed by atoms with Crippen LogP contribution in [-0.4, -0.2) is 19.7 Å². The van der Waals surface area contributed by atoms with Crippen LogP contribution in [0, 0.1) is 0 Å². The van der Waals surface area contributed by atoms with E-state index in [1.807, 2.05) is 19.4 Å². The molecule has 0 amide bonds. The quantitative estimate of drug-likeness (QED) is 0.844. The zero-order chi connectivity index (χ0) is 13.0. The van der Waals surface area contributed by atoms with Gasteiger partial charge in [-0.25, -0.2) is 9.97 Å². The van der Waals surface area contributed by atoms with Crippen molar-refractivity contribution in [2.24, 2.45) is 7.05 Å². The second-order valence-electron chi connectivity index (χ2n) is 4.12. The molecule has 0 saturated carbocycles. The van der Waals surface area contributed by atoms with E-state index < -0.39 is 0 Å². The van der Waals surface area contributed by atoms with Crippen LogP contribution in [0.15, 0.2) is 18.7 Å². The Balaban J connectivity index is 2.11. The van der Waals surface area contributed by atoms with Gasteiger partial charge in [0.05, 0.1) is 6.20 Å². The molecular weight excluding hydrogens is 250 g/mol. The highest BCUT2D eigenvalue weighted by atomic mass is 35.5. The number of aryl methyl sites for hydroxylation is 1. The van der Waals surface area contributed by atoms with Crippen LogP contribution < -0.4 is 5.32 Å². The zero-order valence-electron chi connectivity index (χ0n) is 10.5. The highest BCUT2D eigenvalue weighted by Gasteiger charge is 2.08. The first-order valence-electron chi connectivity index (χ1n) is 5.91. The Hall–Kier alpha value is -1.62. The van der Waals surface area contributed by atoms with Gasteiger partial charge in [0.25, 0.3) is 0 Å². The number of rotatable bonds is 5. The molecule has 18 heavy (non-hydrogen) atoms. The van der Waals surface area contributed by atoms with Gasteiger partial charge in [-0.2, -0.15) is 5.10 Å². The van der Waals surface area contributed by atoms with E-state index in [0.717, 1.165) is 29.8 Å². The van der Waals surface area contributed by atoms with Crippen molar-refractivity contribution in [1.29, 1.82) is 0 Å². The van der Waals surface area contributed by atoms with Gasteiger partial charge in [-0.1, -0.05) is 24.9 Å². The summed E-state index contributed by atoms with van der Waals surface area (Å²) in [6.07, 6.45) is 7.15. The van der Waals surface area contributed by atoms with E-state index >= 15 is 0 Å². The fourth-order valence-corrected chi connectivity index (χ4v) is 1.99. The Kier molecular flexibility index (Phi) is 4.15. The molecule has 2 aromatic rings. The van der Waals surface area contributed by atoms with E-state index in [1.165, 1.54) is 6.33 Å². The van der Waals surface area contributed by atoms with Crippen LogP contribution in [0.25, 0.3) is 0 Å². The van der Waals surface area contributed by atoms with Gasteiger partial charge < -0.3 is 5.32 Å². The smallest absolute Gasteiger partial charge is 0.137 e. The third-order valence-electron chi connectivity index (χ3n) is 2.61. The van der Waals surface area contributed by atoms with Crippen LogP contribution in [0.1, 0.15) is 24.5 Å². The van der Waals surface area contributed by atoms with Gasteiger partial charge in [0.1, 0.15) is 17.3 Å². The van der Waals surface area contributed by atoms with Gasteiger partial charge in [-0.05, 0) is 6.42 Å². The molecule has 0 bridgehead atoms. The van der Waals surface area contributed by atoms with Crippen molar-refractivity contribution in [2.45, 2.75) is 26.3 Å². The minimum absolute atomic E-state index is 0.528. The van der Waals surface area contributed by atoms with Crippen molar-refractivity contribution in [3.05, 3.63) is 35.0 Å². The third-order valence-corrected chi connectivity index (χ3v) is 2.94. The topological polar surface area (TPSA) is 55.6 Å². The second-order valence-corrected chi connectivity index (χ2v) is 4.48. The summed E-state index contributed by atoms with van der Waals surface area (Å²) in [4.78, 5) is 8.26. The molecule has 0 saturated heterocycles. The molecule has 0 radical (unpaired) electrons. The minimum atomic E-state index is 0.528. The normalized spacial score (nSPS) is 10.6. The van der Waals surface area contributed by atoms with Crippen LogP contribution in [0.2, 0.25) is 5.15 Å². The molecule has 2 aromatic heterocycles. The Morgan fingerprint density at radius 2 is 2.22 bits per heavy atom. The standard InChI is InChI=1S/C12H16ClN5/c1-3-4-10-11(13)15-8-16-12(10)14-5-9-6-17-18(2)7-9/h6-8H,3-5H2,1-2H3,(H,14,15,16). The van der Waals surface area contributed by atoms with Crippen LogP contribution >= 0.6 is 11.6 Å². The predicted molar refractivity (Wildman–Crippen MR) is 71.6 cm³/mol. The monoisotopic (exact) mass is 265 g/mol. The number of halogens is 1. The van der Waals surface area contributed by atoms with Crippen molar-refractivity contribution in [2.75, 3.05) is 5.32 Å². The van der Waals surface area contributed by atoms with E-state index in [4.69, 9.17) is 11.6 Å². The van der Waals surface area contributed by atoms with E-state index in [0.29, 0.717) is 11.7 Å². The molecule has 0 fully saturated rings. The summed E-state index contributed by atoms with van der Waals surface area (Å²) in [6.45, 7) is 2.78. The highest BCUT2D eigenvalue weighted by Crippen LogP contribution is 2.21. The summed E-state index contributed by atoms with van der Waals surface area (Å²) in [5, 5.41) is 7.93. The number of hydrogen-bond donors (Lipinski definition) is 1. The van der Waals surface area contributed by atoms with E-state index in [1.54, 1.807) is 4.68 Å². The summed E-state index contributed by atoms with van der Waals surface area (Å²) in [7, 11) is 1.90. The molecule has 0 unspecified atom stereocenters. The number of nitrogens with zero attached hydrogens (tertiary/aromatic N) is 4. The van der Waals surface area contributed by atoms with Gasteiger partial charge in [-0.15, -0.1) is 0 Å². The lowest BCUT2D eigenvalue weighted by molar-refractivity contribution is 0.767. The molecule has 0 atom stereocenters. The molecule has 0 aliphatic heterocycles. The lowest BCUT2D eigenvalue weighted by atomic mass is 10.2. The molecular formula is C12H16ClN5. The maximum atomic E-state index is 6.09. The summed E-state index contributed by atoms with van der Waals surface area (Å²) in [5.74, 6) is 0.806. The van der Waals surface area contributed by atoms with Gasteiger partial charge in [0, 0.05) is 30.9 Å². The molecule has 1 N–H and O–H groups in total. The zero-order valence-corrected chi connectivity index (χ0v) is 11.3. The largest absolute Gasteiger partial charge is 0.366 e. The van der Waals surface area contributed by atoms with E-state index in [2.05, 4.69) is 27.3 Å². The molecule has 96 valence electrons. The van der Waals surface area contributed by atoms with Crippen molar-refractivity contribution in [1.82, 2.24) is 19.7 Å². The van der Waals surface area contributed by atoms with Crippen LogP contribution in [0.5, 0.6) is 0 Å². The Labute approximate surface area is 111 Å². The summed E-state index contributed by atoms with van der Waals surface area (Å²) >= 11 is 6.09. The maximum absolute atomic E-state index is 6.09. The summed E-state index contributed by atoms with van der Waals surface area (Å²) in [6, 6.07) is 0. The van der Waals surface area contributed by atoms with E-state index in [9.17, 15) is 0 Å². The Bertz CT molecular complexity index is 523. The van der Waals surface area contributed by atoms with Gasteiger partial charge in [0.2, 0.25) is 0 Å². The fourth-order valence-electron chi connectivity index (χ4n) is 1.76. The lowest BCUT2D eigenvalue weighted by Gasteiger charge is -2.10. The van der Waals surface area contributed by atoms with Crippen molar-refractivity contribution in [3.63, 3.8) is 0 Å². The van der Waals surface area contributed by atoms with Crippen LogP contribution in [0.4, 0.5) is 5.82 Å². The van der Waals surface area contributed by atoms with Crippen LogP contribution in [0.3, 0.4) is 0 Å². The van der Waals surface area contributed by atoms with Crippen molar-refractivity contribution >= 4 is 17.4 Å². The molecule has 2 heterocycles. The molecule has 5 nitrogen and oxygen atoms in total. The Morgan fingerprint density at radius 1 is 1.39 bits per heavy atom. The maximum Gasteiger partial charge on any atom is 0.137 e. The average molecular weight is 266 g/mol. The van der Waals surface area contributed by atoms with Crippen molar-refractivity contribution < 1.29 is 0 Å². The summed E-state index contributed by atoms with van der Waals surface area (Å²) < 4.78 is 1.77. The van der Waals surface area contributed by atoms with E-state index in [-0.39, 0.29) is 0 Å². The average Bonchev–Trinajstić information content (AvgIpc) is 2.76. The fraction of sp³-hybridized carbons (Fsp3) is 0.417. The lowest BCUT2D eigenvalue weighted by Crippen LogP contribution is -2.05. The number of nitrogens with one attached hydrogen (secondary N) is 1. The first-order valence-corrected chi connectivity index (χ1v) is 6.29. The van der Waals surface area contributed by atoms with Crippen LogP contribution in [-0.2, 0) is 20.0 Å². The van der Waals surface area contributed by atoms with Crippen molar-refractivity contribution in [3.8, 4) is 0 Å². The molecule has 0 aliphatic rings. The second kappa shape index (κ2) is 5.82. The number of anilines is 1. The number of hydrogen-bond acceptors (Lipinski definition) is 4. The van der Waals surface area contributed by atoms with Gasteiger partial charge in [-0.3, -0.25) is 4.68 Å². The molecule has 0 aromatic carbocycles. The first kappa shape index (κ1) is 12.8. The molecule has 2 rings (SSSR count). The minimum Gasteiger partial charge on any atom is -0.366 e. The van der Waals surface area contributed by atoms with Gasteiger partial charge >= 0.3 is 0 Å². The SMILES string of the molecule is CCCc1c(Cl)ncnc1NCc1cnn(C)c1. The molecule has 0 spiro atoms. The van der Waals surface area contributed by atoms with Gasteiger partial charge in [0.15, 0.2) is 0 Å². The number of aromatic nitrogens is 4. The molecule has 6 heteroatoms. The first-order chi connectivity index (χ1) is 8.70. The third kappa shape index (κ3) is 2.98. The molecule has 0 aliphatic carbocycles. The predicted octanol–water partition coefficient (Wildman–Crippen LogP) is 2.43. The summed E-state index contributed by atoms with van der Waals surface area (Å²) in [5.41, 5.74) is 2.08. The Morgan fingerprint density at radius 3 is 2.89 bits per heavy atom.